The summed E-state index contributed by atoms with van der Waals surface area (Å²) in [6.07, 6.45) is 2.13. The summed E-state index contributed by atoms with van der Waals surface area (Å²) in [6.45, 7) is 5.33. The van der Waals surface area contributed by atoms with E-state index in [0.29, 0.717) is 24.2 Å². The van der Waals surface area contributed by atoms with Crippen molar-refractivity contribution in [3.63, 3.8) is 0 Å². The summed E-state index contributed by atoms with van der Waals surface area (Å²) in [5.74, 6) is 2.46. The minimum Gasteiger partial charge on any atom is -0.356 e. The van der Waals surface area contributed by atoms with Gasteiger partial charge in [0.05, 0.1) is 6.54 Å². The molecule has 0 radical (unpaired) electrons. The van der Waals surface area contributed by atoms with Crippen molar-refractivity contribution in [2.75, 3.05) is 13.6 Å². The molecule has 0 aliphatic carbocycles. The first-order valence-electron chi connectivity index (χ1n) is 8.08. The quantitative estimate of drug-likeness (QED) is 0.558. The monoisotopic (exact) mass is 393 g/mol. The van der Waals surface area contributed by atoms with Crippen molar-refractivity contribution in [2.45, 2.75) is 33.2 Å². The average Bonchev–Trinajstić information content (AvgIpc) is 2.99. The summed E-state index contributed by atoms with van der Waals surface area (Å²) >= 11 is 3.53. The maximum absolute atomic E-state index is 4.96. The summed E-state index contributed by atoms with van der Waals surface area (Å²) in [5.41, 5.74) is 1.34. The number of hydrogen-bond donors (Lipinski definition) is 2. The van der Waals surface area contributed by atoms with Gasteiger partial charge in [-0.1, -0.05) is 46.6 Å². The molecule has 1 atom stereocenters. The number of halogens is 1. The molecule has 1 heterocycles. The maximum atomic E-state index is 4.96. The molecule has 0 fully saturated rings. The lowest BCUT2D eigenvalue weighted by Crippen LogP contribution is -2.39. The molecule has 1 unspecified atom stereocenters. The smallest absolute Gasteiger partial charge is 0.223 e. The van der Waals surface area contributed by atoms with Gasteiger partial charge >= 0.3 is 0 Å². The second-order valence-corrected chi connectivity index (χ2v) is 6.56. The second-order valence-electron chi connectivity index (χ2n) is 5.64. The fraction of sp³-hybridized carbons (Fsp3) is 0.471. The molecule has 1 aromatic carbocycles. The van der Waals surface area contributed by atoms with Crippen LogP contribution in [0.25, 0.3) is 0 Å². The Morgan fingerprint density at radius 3 is 2.83 bits per heavy atom. The van der Waals surface area contributed by atoms with Gasteiger partial charge in [0.15, 0.2) is 11.8 Å². The predicted octanol–water partition coefficient (Wildman–Crippen LogP) is 3.07. The summed E-state index contributed by atoms with van der Waals surface area (Å²) in [7, 11) is 1.76. The first kappa shape index (κ1) is 18.4. The largest absolute Gasteiger partial charge is 0.356 e. The lowest BCUT2D eigenvalue weighted by molar-refractivity contribution is 0.386. The molecule has 0 saturated heterocycles. The highest BCUT2D eigenvalue weighted by Crippen LogP contribution is 2.16. The number of aromatic nitrogens is 2. The second kappa shape index (κ2) is 9.42. The molecule has 0 saturated carbocycles. The lowest BCUT2D eigenvalue weighted by Gasteiger charge is -2.18. The number of hydrogen-bond acceptors (Lipinski definition) is 4. The van der Waals surface area contributed by atoms with Crippen molar-refractivity contribution in [1.82, 2.24) is 20.8 Å². The first-order chi connectivity index (χ1) is 11.6. The number of guanidine groups is 1. The molecule has 0 amide bonds. The number of aryl methyl sites for hydroxylation is 1. The van der Waals surface area contributed by atoms with Gasteiger partial charge in [-0.25, -0.2) is 0 Å². The van der Waals surface area contributed by atoms with Crippen molar-refractivity contribution in [3.8, 4) is 0 Å². The van der Waals surface area contributed by atoms with E-state index in [1.807, 2.05) is 6.07 Å². The highest BCUT2D eigenvalue weighted by atomic mass is 79.9. The zero-order valence-electron chi connectivity index (χ0n) is 14.3. The number of nitrogens with one attached hydrogen (secondary N) is 2. The number of nitrogens with zero attached hydrogens (tertiary/aromatic N) is 3. The van der Waals surface area contributed by atoms with Crippen LogP contribution in [0, 0.1) is 12.8 Å². The van der Waals surface area contributed by atoms with Crippen LogP contribution < -0.4 is 10.6 Å². The molecule has 0 spiro atoms. The van der Waals surface area contributed by atoms with Crippen molar-refractivity contribution in [1.29, 1.82) is 0 Å². The minimum atomic E-state index is 0.486. The van der Waals surface area contributed by atoms with Crippen LogP contribution in [0.15, 0.2) is 38.3 Å². The topological polar surface area (TPSA) is 75.3 Å². The van der Waals surface area contributed by atoms with E-state index in [-0.39, 0.29) is 0 Å². The van der Waals surface area contributed by atoms with Crippen LogP contribution in [0.3, 0.4) is 0 Å². The Kier molecular flexibility index (Phi) is 7.24. The van der Waals surface area contributed by atoms with E-state index in [0.717, 1.165) is 29.8 Å². The molecule has 0 aliphatic heterocycles. The fourth-order valence-corrected chi connectivity index (χ4v) is 2.84. The van der Waals surface area contributed by atoms with E-state index in [9.17, 15) is 0 Å². The molecule has 6 nitrogen and oxygen atoms in total. The van der Waals surface area contributed by atoms with Crippen LogP contribution in [0.4, 0.5) is 0 Å². The van der Waals surface area contributed by atoms with Crippen LogP contribution in [-0.2, 0) is 13.0 Å². The van der Waals surface area contributed by atoms with Gasteiger partial charge in [0.2, 0.25) is 5.89 Å². The third-order valence-corrected chi connectivity index (χ3v) is 4.25. The molecular weight excluding hydrogens is 370 g/mol. The van der Waals surface area contributed by atoms with Crippen LogP contribution in [0.2, 0.25) is 0 Å². The molecule has 24 heavy (non-hydrogen) atoms. The van der Waals surface area contributed by atoms with Gasteiger partial charge < -0.3 is 15.2 Å². The molecule has 2 N–H and O–H groups in total. The van der Waals surface area contributed by atoms with Crippen LogP contribution in [0.5, 0.6) is 0 Å². The lowest BCUT2D eigenvalue weighted by atomic mass is 9.97. The van der Waals surface area contributed by atoms with E-state index in [4.69, 9.17) is 4.52 Å². The van der Waals surface area contributed by atoms with E-state index in [1.54, 1.807) is 14.0 Å². The molecule has 130 valence electrons. The van der Waals surface area contributed by atoms with Gasteiger partial charge in [0.1, 0.15) is 0 Å². The van der Waals surface area contributed by atoms with E-state index >= 15 is 0 Å². The summed E-state index contributed by atoms with van der Waals surface area (Å²) in [6, 6.07) is 8.47. The molecule has 0 bridgehead atoms. The zero-order valence-corrected chi connectivity index (χ0v) is 15.9. The Morgan fingerprint density at radius 1 is 1.38 bits per heavy atom. The van der Waals surface area contributed by atoms with Crippen molar-refractivity contribution < 1.29 is 4.52 Å². The van der Waals surface area contributed by atoms with Gasteiger partial charge in [0, 0.05) is 25.0 Å². The van der Waals surface area contributed by atoms with Crippen molar-refractivity contribution >= 4 is 21.9 Å². The Labute approximate surface area is 151 Å². The highest BCUT2D eigenvalue weighted by Gasteiger charge is 2.10. The molecule has 0 aliphatic rings. The first-order valence-corrected chi connectivity index (χ1v) is 8.88. The Hall–Kier alpha value is -1.89. The fourth-order valence-electron chi connectivity index (χ4n) is 2.40. The van der Waals surface area contributed by atoms with Gasteiger partial charge in [-0.2, -0.15) is 4.98 Å². The van der Waals surface area contributed by atoms with Crippen molar-refractivity contribution in [2.24, 2.45) is 10.9 Å². The Bertz CT molecular complexity index is 671. The van der Waals surface area contributed by atoms with E-state index < -0.39 is 0 Å². The normalized spacial score (nSPS) is 12.9. The maximum Gasteiger partial charge on any atom is 0.223 e. The predicted molar refractivity (Wildman–Crippen MR) is 98.9 cm³/mol. The third kappa shape index (κ3) is 5.96. The Morgan fingerprint density at radius 2 is 2.21 bits per heavy atom. The molecule has 2 aromatic rings. The summed E-state index contributed by atoms with van der Waals surface area (Å²) in [4.78, 5) is 8.40. The van der Waals surface area contributed by atoms with Gasteiger partial charge in [-0.3, -0.25) is 4.99 Å². The standard InChI is InChI=1S/C17H24BrN5O/c1-4-13(8-14-6-5-7-15(18)9-14)10-20-17(19-3)21-11-16-22-12(2)24-23-16/h5-7,9,13H,4,8,10-11H2,1-3H3,(H2,19,20,21). The molecule has 2 rings (SSSR count). The number of rotatable bonds is 7. The van der Waals surface area contributed by atoms with Gasteiger partial charge in [0.25, 0.3) is 0 Å². The highest BCUT2D eigenvalue weighted by molar-refractivity contribution is 9.10. The third-order valence-electron chi connectivity index (χ3n) is 3.76. The van der Waals surface area contributed by atoms with Gasteiger partial charge in [-0.05, 0) is 30.0 Å². The number of benzene rings is 1. The van der Waals surface area contributed by atoms with Crippen LogP contribution >= 0.6 is 15.9 Å². The van der Waals surface area contributed by atoms with Crippen LogP contribution in [0.1, 0.15) is 30.6 Å². The summed E-state index contributed by atoms with van der Waals surface area (Å²) in [5, 5.41) is 10.4. The zero-order chi connectivity index (χ0) is 17.4. The Balaban J connectivity index is 1.81. The SMILES string of the molecule is CCC(CNC(=NC)NCc1noc(C)n1)Cc1cccc(Br)c1. The summed E-state index contributed by atoms with van der Waals surface area (Å²) < 4.78 is 6.08. The van der Waals surface area contributed by atoms with Gasteiger partial charge in [-0.15, -0.1) is 0 Å². The average molecular weight is 394 g/mol. The van der Waals surface area contributed by atoms with E-state index in [1.165, 1.54) is 5.56 Å². The van der Waals surface area contributed by atoms with Crippen LogP contribution in [-0.4, -0.2) is 29.7 Å². The molecule has 7 heteroatoms. The molecule has 1 aromatic heterocycles. The van der Waals surface area contributed by atoms with Crippen molar-refractivity contribution in [3.05, 3.63) is 46.0 Å². The number of aliphatic imine (C=N–C) groups is 1. The molecular formula is C17H24BrN5O. The van der Waals surface area contributed by atoms with E-state index in [2.05, 4.69) is 66.8 Å². The minimum absolute atomic E-state index is 0.486.